The second-order valence-corrected chi connectivity index (χ2v) is 6.24. The van der Waals surface area contributed by atoms with Gasteiger partial charge in [0.15, 0.2) is 0 Å². The van der Waals surface area contributed by atoms with E-state index in [1.54, 1.807) is 18.2 Å². The van der Waals surface area contributed by atoms with Gasteiger partial charge in [0, 0.05) is 13.2 Å². The van der Waals surface area contributed by atoms with Gasteiger partial charge >= 0.3 is 0 Å². The highest BCUT2D eigenvalue weighted by Gasteiger charge is 2.43. The van der Waals surface area contributed by atoms with E-state index >= 15 is 0 Å². The fourth-order valence-corrected chi connectivity index (χ4v) is 3.56. The summed E-state index contributed by atoms with van der Waals surface area (Å²) in [5.41, 5.74) is 0.141. The molecule has 0 spiro atoms. The maximum Gasteiger partial charge on any atom is 0.264 e. The highest BCUT2D eigenvalue weighted by atomic mass is 32.2. The molecule has 1 aliphatic rings. The van der Waals surface area contributed by atoms with Gasteiger partial charge in [-0.1, -0.05) is 18.2 Å². The van der Waals surface area contributed by atoms with Gasteiger partial charge in [-0.15, -0.1) is 0 Å². The summed E-state index contributed by atoms with van der Waals surface area (Å²) in [6.07, 6.45) is 0.316. The standard InChI is InChI=1S/C12H16N2O5S/c15-11(13-16)12(6-8-19-9-7-12)14-20(17,18)10-4-2-1-3-5-10/h1-5,14,16H,6-9H2,(H,13,15). The topological polar surface area (TPSA) is 105 Å². The summed E-state index contributed by atoms with van der Waals surface area (Å²) in [5.74, 6) is -0.777. The molecule has 0 bridgehead atoms. The molecule has 0 saturated carbocycles. The van der Waals surface area contributed by atoms with Crippen molar-refractivity contribution >= 4 is 15.9 Å². The fourth-order valence-electron chi connectivity index (χ4n) is 2.12. The molecule has 0 unspecified atom stereocenters. The Bertz CT molecular complexity index is 567. The van der Waals surface area contributed by atoms with Crippen molar-refractivity contribution in [1.82, 2.24) is 10.2 Å². The van der Waals surface area contributed by atoms with E-state index in [4.69, 9.17) is 9.94 Å². The third-order valence-electron chi connectivity index (χ3n) is 3.27. The van der Waals surface area contributed by atoms with Crippen LogP contribution in [0.5, 0.6) is 0 Å². The minimum absolute atomic E-state index is 0.0663. The van der Waals surface area contributed by atoms with Crippen LogP contribution < -0.4 is 10.2 Å². The summed E-state index contributed by atoms with van der Waals surface area (Å²) in [6, 6.07) is 7.76. The van der Waals surface area contributed by atoms with Crippen LogP contribution in [0, 0.1) is 0 Å². The highest BCUT2D eigenvalue weighted by molar-refractivity contribution is 7.89. The molecule has 1 aromatic carbocycles. The molecule has 2 rings (SSSR count). The third-order valence-corrected chi connectivity index (χ3v) is 4.82. The highest BCUT2D eigenvalue weighted by Crippen LogP contribution is 2.24. The Morgan fingerprint density at radius 2 is 1.80 bits per heavy atom. The molecule has 1 amide bonds. The summed E-state index contributed by atoms with van der Waals surface area (Å²) < 4.78 is 32.2. The largest absolute Gasteiger partial charge is 0.381 e. The molecule has 0 aromatic heterocycles. The average Bonchev–Trinajstić information content (AvgIpc) is 2.48. The SMILES string of the molecule is O=C(NO)C1(NS(=O)(=O)c2ccccc2)CCOCC1. The lowest BCUT2D eigenvalue weighted by molar-refractivity contribution is -0.139. The monoisotopic (exact) mass is 300 g/mol. The molecular formula is C12H16N2O5S. The van der Waals surface area contributed by atoms with Crippen LogP contribution in [-0.4, -0.2) is 38.3 Å². The Kier molecular flexibility index (Phi) is 4.39. The first-order chi connectivity index (χ1) is 9.50. The second-order valence-electron chi connectivity index (χ2n) is 4.55. The number of carbonyl (C=O) groups excluding carboxylic acids is 1. The van der Waals surface area contributed by atoms with E-state index < -0.39 is 21.5 Å². The van der Waals surface area contributed by atoms with Gasteiger partial charge in [0.1, 0.15) is 5.54 Å². The van der Waals surface area contributed by atoms with E-state index in [1.807, 2.05) is 0 Å². The smallest absolute Gasteiger partial charge is 0.264 e. The number of hydrogen-bond donors (Lipinski definition) is 3. The van der Waals surface area contributed by atoms with E-state index in [9.17, 15) is 13.2 Å². The van der Waals surface area contributed by atoms with Crippen molar-refractivity contribution in [3.63, 3.8) is 0 Å². The number of hydroxylamine groups is 1. The number of sulfonamides is 1. The molecule has 1 aromatic rings. The van der Waals surface area contributed by atoms with Gasteiger partial charge in [-0.25, -0.2) is 13.9 Å². The number of nitrogens with one attached hydrogen (secondary N) is 2. The Hall–Kier alpha value is -1.48. The van der Waals surface area contributed by atoms with E-state index in [1.165, 1.54) is 17.6 Å². The molecule has 1 heterocycles. The van der Waals surface area contributed by atoms with Crippen molar-refractivity contribution in [2.75, 3.05) is 13.2 Å². The van der Waals surface area contributed by atoms with Crippen molar-refractivity contribution in [2.24, 2.45) is 0 Å². The van der Waals surface area contributed by atoms with Crippen LogP contribution in [0.1, 0.15) is 12.8 Å². The average molecular weight is 300 g/mol. The zero-order chi connectivity index (χ0) is 14.6. The summed E-state index contributed by atoms with van der Waals surface area (Å²) in [6.45, 7) is 0.482. The molecule has 1 aliphatic heterocycles. The van der Waals surface area contributed by atoms with Crippen LogP contribution in [0.2, 0.25) is 0 Å². The van der Waals surface area contributed by atoms with Crippen LogP contribution in [0.15, 0.2) is 35.2 Å². The van der Waals surface area contributed by atoms with Crippen LogP contribution in [0.3, 0.4) is 0 Å². The lowest BCUT2D eigenvalue weighted by Crippen LogP contribution is -2.60. The molecule has 20 heavy (non-hydrogen) atoms. The van der Waals surface area contributed by atoms with Crippen molar-refractivity contribution in [3.05, 3.63) is 30.3 Å². The van der Waals surface area contributed by atoms with Gasteiger partial charge in [-0.05, 0) is 25.0 Å². The summed E-state index contributed by atoms with van der Waals surface area (Å²) in [4.78, 5) is 11.9. The van der Waals surface area contributed by atoms with Crippen LogP contribution in [0.25, 0.3) is 0 Å². The third kappa shape index (κ3) is 2.98. The van der Waals surface area contributed by atoms with Crippen molar-refractivity contribution in [3.8, 4) is 0 Å². The molecule has 110 valence electrons. The molecule has 3 N–H and O–H groups in total. The predicted molar refractivity (Wildman–Crippen MR) is 69.5 cm³/mol. The van der Waals surface area contributed by atoms with Crippen LogP contribution >= 0.6 is 0 Å². The molecule has 8 heteroatoms. The van der Waals surface area contributed by atoms with E-state index in [0.717, 1.165) is 0 Å². The molecular weight excluding hydrogens is 284 g/mol. The number of rotatable bonds is 4. The molecule has 7 nitrogen and oxygen atoms in total. The van der Waals surface area contributed by atoms with Crippen molar-refractivity contribution < 1.29 is 23.2 Å². The number of amides is 1. The Morgan fingerprint density at radius 1 is 1.20 bits per heavy atom. The quantitative estimate of drug-likeness (QED) is 0.537. The first kappa shape index (κ1) is 14.9. The second kappa shape index (κ2) is 5.88. The Balaban J connectivity index is 2.30. The van der Waals surface area contributed by atoms with E-state index in [-0.39, 0.29) is 31.0 Å². The van der Waals surface area contributed by atoms with Gasteiger partial charge in [0.25, 0.3) is 5.91 Å². The fraction of sp³-hybridized carbons (Fsp3) is 0.417. The summed E-state index contributed by atoms with van der Waals surface area (Å²) >= 11 is 0. The van der Waals surface area contributed by atoms with Crippen molar-refractivity contribution in [1.29, 1.82) is 0 Å². The van der Waals surface area contributed by atoms with Crippen LogP contribution in [-0.2, 0) is 19.6 Å². The predicted octanol–water partition coefficient (Wildman–Crippen LogP) is 0.0195. The zero-order valence-corrected chi connectivity index (χ0v) is 11.5. The number of hydrogen-bond acceptors (Lipinski definition) is 5. The van der Waals surface area contributed by atoms with E-state index in [0.29, 0.717) is 0 Å². The Labute approximate surface area is 116 Å². The molecule has 1 fully saturated rings. The zero-order valence-electron chi connectivity index (χ0n) is 10.7. The van der Waals surface area contributed by atoms with E-state index in [2.05, 4.69) is 4.72 Å². The number of benzene rings is 1. The first-order valence-corrected chi connectivity index (χ1v) is 7.60. The normalized spacial score (nSPS) is 18.4. The molecule has 0 atom stereocenters. The van der Waals surface area contributed by atoms with Gasteiger partial charge < -0.3 is 4.74 Å². The van der Waals surface area contributed by atoms with Gasteiger partial charge in [0.05, 0.1) is 4.90 Å². The summed E-state index contributed by atoms with van der Waals surface area (Å²) in [7, 11) is -3.85. The minimum Gasteiger partial charge on any atom is -0.381 e. The van der Waals surface area contributed by atoms with Gasteiger partial charge in [-0.2, -0.15) is 4.72 Å². The van der Waals surface area contributed by atoms with Gasteiger partial charge in [-0.3, -0.25) is 10.0 Å². The van der Waals surface area contributed by atoms with Crippen LogP contribution in [0.4, 0.5) is 0 Å². The Morgan fingerprint density at radius 3 is 2.35 bits per heavy atom. The maximum absolute atomic E-state index is 12.3. The van der Waals surface area contributed by atoms with Gasteiger partial charge in [0.2, 0.25) is 10.0 Å². The first-order valence-electron chi connectivity index (χ1n) is 6.11. The number of carbonyl (C=O) groups is 1. The number of ether oxygens (including phenoxy) is 1. The van der Waals surface area contributed by atoms with Crippen molar-refractivity contribution in [2.45, 2.75) is 23.3 Å². The molecule has 0 aliphatic carbocycles. The minimum atomic E-state index is -3.85. The lowest BCUT2D eigenvalue weighted by atomic mass is 9.91. The summed E-state index contributed by atoms with van der Waals surface area (Å²) in [5, 5.41) is 8.84. The molecule has 1 saturated heterocycles. The lowest BCUT2D eigenvalue weighted by Gasteiger charge is -2.35. The maximum atomic E-state index is 12.3. The molecule has 0 radical (unpaired) electrons.